The molecule has 0 radical (unpaired) electrons. The summed E-state index contributed by atoms with van der Waals surface area (Å²) in [5, 5.41) is 0.610. The van der Waals surface area contributed by atoms with Gasteiger partial charge in [-0.3, -0.25) is 0 Å². The van der Waals surface area contributed by atoms with Crippen LogP contribution >= 0.6 is 11.6 Å². The summed E-state index contributed by atoms with van der Waals surface area (Å²) in [6.45, 7) is 4.23. The molecule has 0 aliphatic heterocycles. The van der Waals surface area contributed by atoms with Crippen molar-refractivity contribution in [2.75, 3.05) is 5.73 Å². The fraction of sp³-hybridized carbons (Fsp3) is 0.143. The van der Waals surface area contributed by atoms with Gasteiger partial charge in [-0.05, 0) is 48.2 Å². The van der Waals surface area contributed by atoms with Gasteiger partial charge in [0.05, 0.1) is 10.7 Å². The highest BCUT2D eigenvalue weighted by molar-refractivity contribution is 6.33. The molecule has 0 aliphatic carbocycles. The number of benzene rings is 2. The molecule has 0 bridgehead atoms. The van der Waals surface area contributed by atoms with Gasteiger partial charge in [0.2, 0.25) is 0 Å². The first kappa shape index (κ1) is 11.0. The summed E-state index contributed by atoms with van der Waals surface area (Å²) < 4.78 is 0. The Balaban J connectivity index is 2.59. The summed E-state index contributed by atoms with van der Waals surface area (Å²) in [6, 6.07) is 12.0. The van der Waals surface area contributed by atoms with E-state index in [4.69, 9.17) is 17.3 Å². The average Bonchev–Trinajstić information content (AvgIpc) is 2.26. The van der Waals surface area contributed by atoms with Crippen LogP contribution in [0.5, 0.6) is 0 Å². The monoisotopic (exact) mass is 231 g/mol. The molecule has 0 heterocycles. The first-order chi connectivity index (χ1) is 7.59. The molecule has 2 aromatic rings. The minimum atomic E-state index is 0.610. The molecule has 0 spiro atoms. The van der Waals surface area contributed by atoms with Crippen LogP contribution in [0.1, 0.15) is 11.1 Å². The van der Waals surface area contributed by atoms with E-state index in [1.807, 2.05) is 18.2 Å². The van der Waals surface area contributed by atoms with E-state index in [1.54, 1.807) is 0 Å². The van der Waals surface area contributed by atoms with Crippen LogP contribution in [0.15, 0.2) is 36.4 Å². The molecule has 0 amide bonds. The number of nitrogen functional groups attached to an aromatic ring is 1. The topological polar surface area (TPSA) is 26.0 Å². The van der Waals surface area contributed by atoms with Gasteiger partial charge in [0, 0.05) is 0 Å². The van der Waals surface area contributed by atoms with E-state index in [-0.39, 0.29) is 0 Å². The maximum Gasteiger partial charge on any atom is 0.0641 e. The molecule has 0 atom stereocenters. The maximum atomic E-state index is 6.03. The highest BCUT2D eigenvalue weighted by Crippen LogP contribution is 2.29. The Bertz CT molecular complexity index is 532. The van der Waals surface area contributed by atoms with Crippen molar-refractivity contribution in [3.8, 4) is 11.1 Å². The van der Waals surface area contributed by atoms with E-state index in [2.05, 4.69) is 32.0 Å². The molecular weight excluding hydrogens is 218 g/mol. The van der Waals surface area contributed by atoms with Gasteiger partial charge in [0.1, 0.15) is 0 Å². The lowest BCUT2D eigenvalue weighted by atomic mass is 9.97. The summed E-state index contributed by atoms with van der Waals surface area (Å²) in [5.74, 6) is 0. The van der Waals surface area contributed by atoms with Gasteiger partial charge in [0.15, 0.2) is 0 Å². The van der Waals surface area contributed by atoms with Crippen molar-refractivity contribution in [1.29, 1.82) is 0 Å². The third kappa shape index (κ3) is 1.91. The molecule has 2 heteroatoms. The largest absolute Gasteiger partial charge is 0.398 e. The zero-order valence-corrected chi connectivity index (χ0v) is 10.2. The second-order valence-electron chi connectivity index (χ2n) is 3.98. The maximum absolute atomic E-state index is 6.03. The van der Waals surface area contributed by atoms with E-state index in [0.717, 1.165) is 5.56 Å². The summed E-state index contributed by atoms with van der Waals surface area (Å²) >= 11 is 6.03. The lowest BCUT2D eigenvalue weighted by Gasteiger charge is -2.09. The molecule has 0 saturated carbocycles. The Hall–Kier alpha value is -1.47. The van der Waals surface area contributed by atoms with Crippen LogP contribution in [-0.4, -0.2) is 0 Å². The van der Waals surface area contributed by atoms with Crippen LogP contribution in [0, 0.1) is 13.8 Å². The minimum Gasteiger partial charge on any atom is -0.398 e. The van der Waals surface area contributed by atoms with Gasteiger partial charge in [0.25, 0.3) is 0 Å². The number of nitrogens with two attached hydrogens (primary N) is 1. The Labute approximate surface area is 101 Å². The molecule has 1 nitrogen and oxygen atoms in total. The van der Waals surface area contributed by atoms with E-state index < -0.39 is 0 Å². The van der Waals surface area contributed by atoms with Crippen LogP contribution in [0.3, 0.4) is 0 Å². The fourth-order valence-corrected chi connectivity index (χ4v) is 1.94. The number of rotatable bonds is 1. The van der Waals surface area contributed by atoms with Gasteiger partial charge >= 0.3 is 0 Å². The van der Waals surface area contributed by atoms with Crippen molar-refractivity contribution in [2.24, 2.45) is 0 Å². The SMILES string of the molecule is Cc1cccc(-c2ccc(N)c(Cl)c2)c1C. The average molecular weight is 232 g/mol. The Morgan fingerprint density at radius 1 is 1.06 bits per heavy atom. The van der Waals surface area contributed by atoms with Crippen molar-refractivity contribution in [3.05, 3.63) is 52.5 Å². The molecule has 0 saturated heterocycles. The third-order valence-corrected chi connectivity index (χ3v) is 3.24. The number of anilines is 1. The Kier molecular flexibility index (Phi) is 2.88. The molecule has 0 fully saturated rings. The Morgan fingerprint density at radius 2 is 1.81 bits per heavy atom. The lowest BCUT2D eigenvalue weighted by Crippen LogP contribution is -1.89. The minimum absolute atomic E-state index is 0.610. The highest BCUT2D eigenvalue weighted by Gasteiger charge is 2.05. The van der Waals surface area contributed by atoms with Gasteiger partial charge in [-0.25, -0.2) is 0 Å². The van der Waals surface area contributed by atoms with Crippen molar-refractivity contribution in [2.45, 2.75) is 13.8 Å². The summed E-state index contributed by atoms with van der Waals surface area (Å²) in [4.78, 5) is 0. The van der Waals surface area contributed by atoms with Gasteiger partial charge in [-0.2, -0.15) is 0 Å². The van der Waals surface area contributed by atoms with E-state index >= 15 is 0 Å². The highest BCUT2D eigenvalue weighted by atomic mass is 35.5. The molecule has 0 unspecified atom stereocenters. The number of aryl methyl sites for hydroxylation is 1. The van der Waals surface area contributed by atoms with Gasteiger partial charge in [-0.1, -0.05) is 35.9 Å². The van der Waals surface area contributed by atoms with Crippen LogP contribution in [-0.2, 0) is 0 Å². The standard InChI is InChI=1S/C14H14ClN/c1-9-4-3-5-12(10(9)2)11-6-7-14(16)13(15)8-11/h3-8H,16H2,1-2H3. The third-order valence-electron chi connectivity index (χ3n) is 2.92. The van der Waals surface area contributed by atoms with Gasteiger partial charge in [-0.15, -0.1) is 0 Å². The Morgan fingerprint density at radius 3 is 2.50 bits per heavy atom. The lowest BCUT2D eigenvalue weighted by molar-refractivity contribution is 1.34. The normalized spacial score (nSPS) is 10.4. The summed E-state index contributed by atoms with van der Waals surface area (Å²) in [7, 11) is 0. The molecular formula is C14H14ClN. The summed E-state index contributed by atoms with van der Waals surface area (Å²) in [5.41, 5.74) is 11.2. The van der Waals surface area contributed by atoms with Crippen molar-refractivity contribution < 1.29 is 0 Å². The number of halogens is 1. The first-order valence-corrected chi connectivity index (χ1v) is 5.59. The zero-order chi connectivity index (χ0) is 11.7. The second-order valence-corrected chi connectivity index (χ2v) is 4.39. The molecule has 0 aromatic heterocycles. The van der Waals surface area contributed by atoms with E-state index in [0.29, 0.717) is 10.7 Å². The van der Waals surface area contributed by atoms with E-state index in [1.165, 1.54) is 16.7 Å². The smallest absolute Gasteiger partial charge is 0.0641 e. The molecule has 2 N–H and O–H groups in total. The van der Waals surface area contributed by atoms with Crippen molar-refractivity contribution >= 4 is 17.3 Å². The zero-order valence-electron chi connectivity index (χ0n) is 9.42. The van der Waals surface area contributed by atoms with Crippen molar-refractivity contribution in [1.82, 2.24) is 0 Å². The predicted molar refractivity (Wildman–Crippen MR) is 70.8 cm³/mol. The van der Waals surface area contributed by atoms with Crippen LogP contribution in [0.4, 0.5) is 5.69 Å². The predicted octanol–water partition coefficient (Wildman–Crippen LogP) is 4.21. The first-order valence-electron chi connectivity index (χ1n) is 5.21. The van der Waals surface area contributed by atoms with Crippen LogP contribution in [0.25, 0.3) is 11.1 Å². The fourth-order valence-electron chi connectivity index (χ4n) is 1.76. The van der Waals surface area contributed by atoms with Crippen molar-refractivity contribution in [3.63, 3.8) is 0 Å². The molecule has 82 valence electrons. The summed E-state index contributed by atoms with van der Waals surface area (Å²) in [6.07, 6.45) is 0. The molecule has 2 aromatic carbocycles. The van der Waals surface area contributed by atoms with Gasteiger partial charge < -0.3 is 5.73 Å². The van der Waals surface area contributed by atoms with Crippen LogP contribution < -0.4 is 5.73 Å². The van der Waals surface area contributed by atoms with E-state index in [9.17, 15) is 0 Å². The number of hydrogen-bond donors (Lipinski definition) is 1. The number of hydrogen-bond acceptors (Lipinski definition) is 1. The quantitative estimate of drug-likeness (QED) is 0.732. The molecule has 0 aliphatic rings. The molecule has 16 heavy (non-hydrogen) atoms. The van der Waals surface area contributed by atoms with Crippen LogP contribution in [0.2, 0.25) is 5.02 Å². The second kappa shape index (κ2) is 4.18. The molecule has 2 rings (SSSR count).